The summed E-state index contributed by atoms with van der Waals surface area (Å²) in [6.45, 7) is 1.06. The molecule has 2 amide bonds. The van der Waals surface area contributed by atoms with Crippen LogP contribution in [0, 0.1) is 11.7 Å². The predicted octanol–water partition coefficient (Wildman–Crippen LogP) is 3.31. The van der Waals surface area contributed by atoms with Gasteiger partial charge in [0.25, 0.3) is 0 Å². The summed E-state index contributed by atoms with van der Waals surface area (Å²) in [6, 6.07) is 3.80. The van der Waals surface area contributed by atoms with Crippen molar-refractivity contribution in [1.82, 2.24) is 4.90 Å². The number of carboxylic acid groups (broad SMARTS) is 1. The number of carbonyl (C=O) groups is 2. The highest BCUT2D eigenvalue weighted by Gasteiger charge is 2.24. The molecule has 5 nitrogen and oxygen atoms in total. The van der Waals surface area contributed by atoms with Gasteiger partial charge in [0.05, 0.1) is 5.69 Å². The molecule has 0 spiro atoms. The van der Waals surface area contributed by atoms with Crippen LogP contribution in [0.15, 0.2) is 22.7 Å². The molecule has 0 bridgehead atoms. The summed E-state index contributed by atoms with van der Waals surface area (Å²) in [4.78, 5) is 24.4. The average molecular weight is 359 g/mol. The first-order valence-corrected chi connectivity index (χ1v) is 7.48. The number of nitrogens with one attached hydrogen (secondary N) is 1. The van der Waals surface area contributed by atoms with Gasteiger partial charge in [0.15, 0.2) is 0 Å². The van der Waals surface area contributed by atoms with Gasteiger partial charge in [-0.25, -0.2) is 9.18 Å². The normalized spacial score (nSPS) is 15.8. The van der Waals surface area contributed by atoms with Crippen LogP contribution in [0.1, 0.15) is 19.3 Å². The molecule has 21 heavy (non-hydrogen) atoms. The summed E-state index contributed by atoms with van der Waals surface area (Å²) >= 11 is 3.20. The fraction of sp³-hybridized carbons (Fsp3) is 0.429. The molecule has 1 aliphatic rings. The number of benzene rings is 1. The molecule has 2 N–H and O–H groups in total. The molecular weight excluding hydrogens is 343 g/mol. The van der Waals surface area contributed by atoms with Crippen LogP contribution in [0.2, 0.25) is 0 Å². The number of piperidine rings is 1. The minimum atomic E-state index is -0.798. The van der Waals surface area contributed by atoms with Crippen LogP contribution in [-0.2, 0) is 4.79 Å². The Hall–Kier alpha value is -1.63. The lowest BCUT2D eigenvalue weighted by atomic mass is 9.94. The Morgan fingerprint density at radius 2 is 2.05 bits per heavy atom. The van der Waals surface area contributed by atoms with E-state index in [2.05, 4.69) is 21.2 Å². The van der Waals surface area contributed by atoms with Crippen molar-refractivity contribution < 1.29 is 19.1 Å². The quantitative estimate of drug-likeness (QED) is 0.870. The number of likely N-dealkylation sites (tertiary alicyclic amines) is 1. The van der Waals surface area contributed by atoms with Crippen molar-refractivity contribution in [1.29, 1.82) is 0 Å². The van der Waals surface area contributed by atoms with E-state index in [1.165, 1.54) is 18.2 Å². The first kappa shape index (κ1) is 15.8. The van der Waals surface area contributed by atoms with Crippen LogP contribution in [0.3, 0.4) is 0 Å². The molecule has 0 aliphatic carbocycles. The van der Waals surface area contributed by atoms with Gasteiger partial charge in [-0.05, 0) is 52.9 Å². The van der Waals surface area contributed by atoms with E-state index in [4.69, 9.17) is 5.11 Å². The third kappa shape index (κ3) is 4.42. The smallest absolute Gasteiger partial charge is 0.321 e. The SMILES string of the molecule is O=C(O)CC1CCN(C(=O)Nc2ccc(F)cc2Br)CC1. The number of aliphatic carboxylic acids is 1. The molecule has 7 heteroatoms. The molecule has 1 heterocycles. The van der Waals surface area contributed by atoms with Gasteiger partial charge in [-0.2, -0.15) is 0 Å². The van der Waals surface area contributed by atoms with E-state index in [0.717, 1.165) is 0 Å². The Kier molecular flexibility index (Phi) is 5.17. The lowest BCUT2D eigenvalue weighted by Gasteiger charge is -2.31. The highest BCUT2D eigenvalue weighted by molar-refractivity contribution is 9.10. The molecule has 1 fully saturated rings. The minimum absolute atomic E-state index is 0.129. The molecule has 1 aliphatic heterocycles. The number of carboxylic acids is 1. The Morgan fingerprint density at radius 1 is 1.38 bits per heavy atom. The van der Waals surface area contributed by atoms with Crippen LogP contribution < -0.4 is 5.32 Å². The summed E-state index contributed by atoms with van der Waals surface area (Å²) < 4.78 is 13.5. The number of hydrogen-bond acceptors (Lipinski definition) is 2. The molecule has 114 valence electrons. The van der Waals surface area contributed by atoms with Gasteiger partial charge in [0, 0.05) is 24.0 Å². The van der Waals surface area contributed by atoms with Crippen LogP contribution in [0.4, 0.5) is 14.9 Å². The summed E-state index contributed by atoms with van der Waals surface area (Å²) in [5.41, 5.74) is 0.508. The molecule has 1 aromatic carbocycles. The maximum Gasteiger partial charge on any atom is 0.321 e. The maximum absolute atomic E-state index is 13.0. The standard InChI is InChI=1S/C14H16BrFN2O3/c15-11-8-10(16)1-2-12(11)17-14(21)18-5-3-9(4-6-18)7-13(19)20/h1-2,8-9H,3-7H2,(H,17,21)(H,19,20). The summed E-state index contributed by atoms with van der Waals surface area (Å²) in [7, 11) is 0. The number of amides is 2. The second-order valence-electron chi connectivity index (χ2n) is 5.08. The van der Waals surface area contributed by atoms with Crippen molar-refractivity contribution in [2.45, 2.75) is 19.3 Å². The molecule has 2 rings (SSSR count). The van der Waals surface area contributed by atoms with E-state index >= 15 is 0 Å². The number of carbonyl (C=O) groups excluding carboxylic acids is 1. The highest BCUT2D eigenvalue weighted by atomic mass is 79.9. The zero-order valence-corrected chi connectivity index (χ0v) is 12.9. The van der Waals surface area contributed by atoms with Gasteiger partial charge in [-0.3, -0.25) is 4.79 Å². The minimum Gasteiger partial charge on any atom is -0.481 e. The number of anilines is 1. The number of halogens is 2. The predicted molar refractivity (Wildman–Crippen MR) is 79.7 cm³/mol. The first-order chi connectivity index (χ1) is 9.95. The number of hydrogen-bond donors (Lipinski definition) is 2. The van der Waals surface area contributed by atoms with Crippen molar-refractivity contribution >= 4 is 33.6 Å². The van der Waals surface area contributed by atoms with E-state index in [9.17, 15) is 14.0 Å². The maximum atomic E-state index is 13.0. The lowest BCUT2D eigenvalue weighted by molar-refractivity contribution is -0.138. The zero-order valence-electron chi connectivity index (χ0n) is 11.3. The van der Waals surface area contributed by atoms with Crippen LogP contribution in [0.25, 0.3) is 0 Å². The van der Waals surface area contributed by atoms with Crippen LogP contribution in [-0.4, -0.2) is 35.1 Å². The number of urea groups is 1. The summed E-state index contributed by atoms with van der Waals surface area (Å²) in [5, 5.41) is 11.5. The largest absolute Gasteiger partial charge is 0.481 e. The summed E-state index contributed by atoms with van der Waals surface area (Å²) in [5.74, 6) is -1.05. The van der Waals surface area contributed by atoms with E-state index in [1.807, 2.05) is 0 Å². The first-order valence-electron chi connectivity index (χ1n) is 6.68. The highest BCUT2D eigenvalue weighted by Crippen LogP contribution is 2.25. The molecule has 0 saturated carbocycles. The molecule has 0 atom stereocenters. The van der Waals surface area contributed by atoms with Gasteiger partial charge in [0.1, 0.15) is 5.82 Å². The fourth-order valence-corrected chi connectivity index (χ4v) is 2.82. The van der Waals surface area contributed by atoms with Crippen molar-refractivity contribution in [3.05, 3.63) is 28.5 Å². The van der Waals surface area contributed by atoms with Gasteiger partial charge in [-0.15, -0.1) is 0 Å². The molecule has 0 unspecified atom stereocenters. The van der Waals surface area contributed by atoms with E-state index in [0.29, 0.717) is 36.1 Å². The van der Waals surface area contributed by atoms with Crippen molar-refractivity contribution in [3.8, 4) is 0 Å². The van der Waals surface area contributed by atoms with Crippen molar-refractivity contribution in [2.75, 3.05) is 18.4 Å². The summed E-state index contributed by atoms with van der Waals surface area (Å²) in [6.07, 6.45) is 1.52. The number of nitrogens with zero attached hydrogens (tertiary/aromatic N) is 1. The Labute approximate surface area is 130 Å². The molecule has 1 saturated heterocycles. The Morgan fingerprint density at radius 3 is 2.62 bits per heavy atom. The van der Waals surface area contributed by atoms with Gasteiger partial charge >= 0.3 is 12.0 Å². The molecule has 0 aromatic heterocycles. The van der Waals surface area contributed by atoms with E-state index < -0.39 is 5.97 Å². The van der Waals surface area contributed by atoms with Crippen molar-refractivity contribution in [3.63, 3.8) is 0 Å². The zero-order chi connectivity index (χ0) is 15.4. The second kappa shape index (κ2) is 6.89. The molecule has 1 aromatic rings. The second-order valence-corrected chi connectivity index (χ2v) is 5.94. The lowest BCUT2D eigenvalue weighted by Crippen LogP contribution is -2.41. The Bertz CT molecular complexity index is 545. The van der Waals surface area contributed by atoms with Crippen LogP contribution >= 0.6 is 15.9 Å². The van der Waals surface area contributed by atoms with Gasteiger partial charge in [-0.1, -0.05) is 0 Å². The third-order valence-electron chi connectivity index (χ3n) is 3.54. The van der Waals surface area contributed by atoms with E-state index in [-0.39, 0.29) is 24.2 Å². The van der Waals surface area contributed by atoms with Gasteiger partial charge in [0.2, 0.25) is 0 Å². The topological polar surface area (TPSA) is 69.6 Å². The molecular formula is C14H16BrFN2O3. The van der Waals surface area contributed by atoms with Crippen molar-refractivity contribution in [2.24, 2.45) is 5.92 Å². The number of rotatable bonds is 3. The molecule has 0 radical (unpaired) electrons. The Balaban J connectivity index is 1.89. The van der Waals surface area contributed by atoms with Gasteiger partial charge < -0.3 is 15.3 Å². The fourth-order valence-electron chi connectivity index (χ4n) is 2.37. The monoisotopic (exact) mass is 358 g/mol. The third-order valence-corrected chi connectivity index (χ3v) is 4.19. The van der Waals surface area contributed by atoms with E-state index in [1.54, 1.807) is 4.90 Å². The van der Waals surface area contributed by atoms with Crippen LogP contribution in [0.5, 0.6) is 0 Å². The average Bonchev–Trinajstić information content (AvgIpc) is 2.42.